The molecule has 3 nitrogen and oxygen atoms in total. The molecule has 2 rings (SSSR count). The van der Waals surface area contributed by atoms with Gasteiger partial charge in [-0.15, -0.1) is 0 Å². The first-order chi connectivity index (χ1) is 9.68. The van der Waals surface area contributed by atoms with Crippen LogP contribution in [-0.2, 0) is 6.18 Å². The Morgan fingerprint density at radius 3 is 2.52 bits per heavy atom. The molecule has 0 unspecified atom stereocenters. The van der Waals surface area contributed by atoms with Gasteiger partial charge in [-0.3, -0.25) is 4.57 Å². The number of hydrogen-bond donors (Lipinski definition) is 1. The van der Waals surface area contributed by atoms with Crippen LogP contribution in [0.5, 0.6) is 0 Å². The number of alkyl halides is 3. The van der Waals surface area contributed by atoms with Gasteiger partial charge in [0.15, 0.2) is 0 Å². The SMILES string of the molecule is Cc1cn(-c2ccc(Cl)cc2C(F)(F)F)c(NC(C)C)n1. The molecule has 0 aliphatic rings. The number of benzene rings is 1. The largest absolute Gasteiger partial charge is 0.418 e. The third-order valence-corrected chi connectivity index (χ3v) is 3.00. The van der Waals surface area contributed by atoms with E-state index in [1.54, 1.807) is 13.1 Å². The van der Waals surface area contributed by atoms with E-state index in [1.807, 2.05) is 13.8 Å². The number of anilines is 1. The predicted molar refractivity (Wildman–Crippen MR) is 77.1 cm³/mol. The molecule has 21 heavy (non-hydrogen) atoms. The predicted octanol–water partition coefficient (Wildman–Crippen LogP) is 4.67. The zero-order valence-corrected chi connectivity index (χ0v) is 12.5. The van der Waals surface area contributed by atoms with E-state index in [0.717, 1.165) is 6.07 Å². The maximum Gasteiger partial charge on any atom is 0.418 e. The molecule has 0 aliphatic heterocycles. The van der Waals surface area contributed by atoms with Gasteiger partial charge in [0, 0.05) is 17.3 Å². The van der Waals surface area contributed by atoms with Crippen LogP contribution in [0.25, 0.3) is 5.69 Å². The van der Waals surface area contributed by atoms with Gasteiger partial charge in [0.25, 0.3) is 0 Å². The Bertz CT molecular complexity index is 647. The van der Waals surface area contributed by atoms with Crippen molar-refractivity contribution in [2.45, 2.75) is 33.0 Å². The van der Waals surface area contributed by atoms with Gasteiger partial charge in [-0.1, -0.05) is 11.6 Å². The monoisotopic (exact) mass is 317 g/mol. The van der Waals surface area contributed by atoms with E-state index in [0.29, 0.717) is 11.6 Å². The number of hydrogen-bond acceptors (Lipinski definition) is 2. The molecule has 2 aromatic rings. The minimum Gasteiger partial charge on any atom is -0.353 e. The average molecular weight is 318 g/mol. The van der Waals surface area contributed by atoms with Crippen LogP contribution in [-0.4, -0.2) is 15.6 Å². The zero-order valence-electron chi connectivity index (χ0n) is 11.8. The van der Waals surface area contributed by atoms with Crippen molar-refractivity contribution in [3.63, 3.8) is 0 Å². The van der Waals surface area contributed by atoms with Gasteiger partial charge in [-0.25, -0.2) is 4.98 Å². The van der Waals surface area contributed by atoms with E-state index in [4.69, 9.17) is 11.6 Å². The first kappa shape index (κ1) is 15.7. The molecule has 0 saturated carbocycles. The molecule has 0 spiro atoms. The first-order valence-corrected chi connectivity index (χ1v) is 6.76. The number of halogens is 4. The number of imidazole rings is 1. The fourth-order valence-corrected chi connectivity index (χ4v) is 2.16. The minimum atomic E-state index is -4.49. The summed E-state index contributed by atoms with van der Waals surface area (Å²) in [6.07, 6.45) is -2.93. The molecule has 7 heteroatoms. The van der Waals surface area contributed by atoms with Crippen LogP contribution in [0.4, 0.5) is 19.1 Å². The molecule has 114 valence electrons. The zero-order chi connectivity index (χ0) is 15.8. The summed E-state index contributed by atoms with van der Waals surface area (Å²) in [6, 6.07) is 3.75. The molecule has 0 bridgehead atoms. The van der Waals surface area contributed by atoms with Crippen LogP contribution >= 0.6 is 11.6 Å². The quantitative estimate of drug-likeness (QED) is 0.891. The minimum absolute atomic E-state index is 0.00403. The second kappa shape index (κ2) is 5.60. The molecule has 1 aromatic heterocycles. The lowest BCUT2D eigenvalue weighted by atomic mass is 10.1. The van der Waals surface area contributed by atoms with E-state index in [1.165, 1.54) is 16.7 Å². The Hall–Kier alpha value is -1.69. The van der Waals surface area contributed by atoms with Gasteiger partial charge < -0.3 is 5.32 Å². The van der Waals surface area contributed by atoms with Crippen molar-refractivity contribution in [2.75, 3.05) is 5.32 Å². The molecule has 0 aliphatic carbocycles. The normalized spacial score (nSPS) is 12.0. The number of nitrogens with one attached hydrogen (secondary N) is 1. The summed E-state index contributed by atoms with van der Waals surface area (Å²) in [6.45, 7) is 5.51. The Morgan fingerprint density at radius 1 is 1.29 bits per heavy atom. The lowest BCUT2D eigenvalue weighted by molar-refractivity contribution is -0.137. The van der Waals surface area contributed by atoms with Crippen molar-refractivity contribution in [3.05, 3.63) is 40.7 Å². The van der Waals surface area contributed by atoms with Crippen molar-refractivity contribution in [1.29, 1.82) is 0 Å². The van der Waals surface area contributed by atoms with Crippen molar-refractivity contribution >= 4 is 17.5 Å². The maximum absolute atomic E-state index is 13.2. The van der Waals surface area contributed by atoms with E-state index < -0.39 is 11.7 Å². The molecule has 0 amide bonds. The summed E-state index contributed by atoms with van der Waals surface area (Å²) >= 11 is 5.70. The summed E-state index contributed by atoms with van der Waals surface area (Å²) in [4.78, 5) is 4.22. The Kier molecular flexibility index (Phi) is 4.18. The summed E-state index contributed by atoms with van der Waals surface area (Å²) in [7, 11) is 0. The van der Waals surface area contributed by atoms with Crippen LogP contribution in [0.1, 0.15) is 25.1 Å². The highest BCUT2D eigenvalue weighted by Crippen LogP contribution is 2.36. The van der Waals surface area contributed by atoms with E-state index in [-0.39, 0.29) is 16.8 Å². The fraction of sp³-hybridized carbons (Fsp3) is 0.357. The highest BCUT2D eigenvalue weighted by atomic mass is 35.5. The average Bonchev–Trinajstić information content (AvgIpc) is 2.68. The molecular formula is C14H15ClF3N3. The Morgan fingerprint density at radius 2 is 1.95 bits per heavy atom. The van der Waals surface area contributed by atoms with Crippen molar-refractivity contribution in [2.24, 2.45) is 0 Å². The van der Waals surface area contributed by atoms with E-state index in [2.05, 4.69) is 10.3 Å². The lowest BCUT2D eigenvalue weighted by Crippen LogP contribution is -2.16. The summed E-state index contributed by atoms with van der Waals surface area (Å²) in [5.41, 5.74) is -0.170. The van der Waals surface area contributed by atoms with Crippen LogP contribution in [0.3, 0.4) is 0 Å². The fourth-order valence-electron chi connectivity index (χ4n) is 1.99. The topological polar surface area (TPSA) is 29.9 Å². The van der Waals surface area contributed by atoms with Crippen molar-refractivity contribution in [3.8, 4) is 5.69 Å². The molecule has 1 N–H and O–H groups in total. The van der Waals surface area contributed by atoms with Gasteiger partial charge in [0.1, 0.15) is 0 Å². The van der Waals surface area contributed by atoms with E-state index >= 15 is 0 Å². The lowest BCUT2D eigenvalue weighted by Gasteiger charge is -2.17. The standard InChI is InChI=1S/C14H15ClF3N3/c1-8(2)19-13-20-9(3)7-21(13)12-5-4-10(15)6-11(12)14(16,17)18/h4-8H,1-3H3,(H,19,20). The number of aryl methyl sites for hydroxylation is 1. The third kappa shape index (κ3) is 3.50. The van der Waals surface area contributed by atoms with E-state index in [9.17, 15) is 13.2 Å². The van der Waals surface area contributed by atoms with Gasteiger partial charge in [-0.05, 0) is 39.0 Å². The Labute approximate surface area is 125 Å². The van der Waals surface area contributed by atoms with Crippen LogP contribution in [0, 0.1) is 6.92 Å². The molecule has 1 heterocycles. The molecular weight excluding hydrogens is 303 g/mol. The second-order valence-corrected chi connectivity index (χ2v) is 5.47. The van der Waals surface area contributed by atoms with Crippen LogP contribution < -0.4 is 5.32 Å². The molecule has 1 aromatic carbocycles. The van der Waals surface area contributed by atoms with Gasteiger partial charge >= 0.3 is 6.18 Å². The molecule has 0 saturated heterocycles. The highest BCUT2D eigenvalue weighted by Gasteiger charge is 2.34. The maximum atomic E-state index is 13.2. The van der Waals surface area contributed by atoms with Gasteiger partial charge in [0.05, 0.1) is 16.9 Å². The smallest absolute Gasteiger partial charge is 0.353 e. The third-order valence-electron chi connectivity index (χ3n) is 2.77. The van der Waals surface area contributed by atoms with Crippen molar-refractivity contribution < 1.29 is 13.2 Å². The number of nitrogens with zero attached hydrogens (tertiary/aromatic N) is 2. The summed E-state index contributed by atoms with van der Waals surface area (Å²) in [5.74, 6) is 0.371. The van der Waals surface area contributed by atoms with Crippen LogP contribution in [0.2, 0.25) is 5.02 Å². The first-order valence-electron chi connectivity index (χ1n) is 6.38. The number of aromatic nitrogens is 2. The van der Waals surface area contributed by atoms with Crippen LogP contribution in [0.15, 0.2) is 24.4 Å². The molecule has 0 fully saturated rings. The molecule has 0 radical (unpaired) electrons. The number of rotatable bonds is 3. The second-order valence-electron chi connectivity index (χ2n) is 5.03. The summed E-state index contributed by atoms with van der Waals surface area (Å²) < 4.78 is 41.0. The highest BCUT2D eigenvalue weighted by molar-refractivity contribution is 6.30. The Balaban J connectivity index is 2.62. The summed E-state index contributed by atoms with van der Waals surface area (Å²) in [5, 5.41) is 3.08. The van der Waals surface area contributed by atoms with Gasteiger partial charge in [-0.2, -0.15) is 13.2 Å². The van der Waals surface area contributed by atoms with Crippen molar-refractivity contribution in [1.82, 2.24) is 9.55 Å². The molecule has 0 atom stereocenters. The van der Waals surface area contributed by atoms with Gasteiger partial charge in [0.2, 0.25) is 5.95 Å².